The molecule has 2 rings (SSSR count). The maximum Gasteiger partial charge on any atom is 0.262 e. The van der Waals surface area contributed by atoms with Gasteiger partial charge in [-0.2, -0.15) is 5.10 Å². The van der Waals surface area contributed by atoms with Crippen molar-refractivity contribution in [2.75, 3.05) is 5.32 Å². The molecule has 0 bridgehead atoms. The fraction of sp³-hybridized carbons (Fsp3) is 0.222. The topological polar surface area (TPSA) is 53.5 Å². The second kappa shape index (κ2) is 8.18. The molecule has 4 nitrogen and oxygen atoms in total. The van der Waals surface area contributed by atoms with Gasteiger partial charge in [0.2, 0.25) is 0 Å². The van der Waals surface area contributed by atoms with Crippen LogP contribution in [-0.2, 0) is 4.79 Å². The van der Waals surface area contributed by atoms with Crippen LogP contribution < -0.4 is 10.7 Å². The number of amides is 1. The van der Waals surface area contributed by atoms with Gasteiger partial charge >= 0.3 is 0 Å². The van der Waals surface area contributed by atoms with E-state index in [2.05, 4.69) is 15.8 Å². The number of para-hydroxylation sites is 1. The molecule has 1 amide bonds. The van der Waals surface area contributed by atoms with Crippen molar-refractivity contribution in [2.45, 2.75) is 26.8 Å². The van der Waals surface area contributed by atoms with Crippen LogP contribution in [0.15, 0.2) is 41.5 Å². The standard InChI is InChI=1S/C18H19Cl2N3O/c1-11-6-4-7-12(2)17(11)22-13(3)18(24)23-21-10-14-15(19)8-5-9-16(14)20/h4-10,13,22H,1-3H3,(H,23,24)/b21-10-/t13-/m0/s1. The van der Waals surface area contributed by atoms with E-state index in [4.69, 9.17) is 23.2 Å². The molecule has 0 fully saturated rings. The van der Waals surface area contributed by atoms with Crippen LogP contribution in [0.5, 0.6) is 0 Å². The Morgan fingerprint density at radius 3 is 2.21 bits per heavy atom. The third-order valence-corrected chi connectivity index (χ3v) is 4.26. The largest absolute Gasteiger partial charge is 0.373 e. The smallest absolute Gasteiger partial charge is 0.262 e. The summed E-state index contributed by atoms with van der Waals surface area (Å²) < 4.78 is 0. The summed E-state index contributed by atoms with van der Waals surface area (Å²) in [6, 6.07) is 10.7. The van der Waals surface area contributed by atoms with Gasteiger partial charge in [0.05, 0.1) is 16.3 Å². The number of anilines is 1. The molecule has 0 saturated carbocycles. The summed E-state index contributed by atoms with van der Waals surface area (Å²) in [5, 5.41) is 8.10. The first kappa shape index (κ1) is 18.3. The van der Waals surface area contributed by atoms with Crippen molar-refractivity contribution in [2.24, 2.45) is 5.10 Å². The molecule has 2 aromatic rings. The minimum atomic E-state index is -0.441. The number of aryl methyl sites for hydroxylation is 2. The highest BCUT2D eigenvalue weighted by molar-refractivity contribution is 6.38. The SMILES string of the molecule is Cc1cccc(C)c1N[C@@H](C)C(=O)N/N=C\c1c(Cl)cccc1Cl. The Hall–Kier alpha value is -2.04. The Labute approximate surface area is 151 Å². The van der Waals surface area contributed by atoms with Crippen LogP contribution in [0.2, 0.25) is 10.0 Å². The van der Waals surface area contributed by atoms with Gasteiger partial charge in [0.25, 0.3) is 5.91 Å². The van der Waals surface area contributed by atoms with Crippen LogP contribution in [0.25, 0.3) is 0 Å². The van der Waals surface area contributed by atoms with E-state index < -0.39 is 6.04 Å². The Kier molecular flexibility index (Phi) is 6.23. The summed E-state index contributed by atoms with van der Waals surface area (Å²) in [6.07, 6.45) is 1.44. The van der Waals surface area contributed by atoms with Gasteiger partial charge in [0.15, 0.2) is 0 Å². The number of hydrogen-bond donors (Lipinski definition) is 2. The summed E-state index contributed by atoms with van der Waals surface area (Å²) in [5.74, 6) is -0.253. The summed E-state index contributed by atoms with van der Waals surface area (Å²) >= 11 is 12.1. The quantitative estimate of drug-likeness (QED) is 0.604. The Balaban J connectivity index is 2.01. The minimum absolute atomic E-state index is 0.253. The Morgan fingerprint density at radius 1 is 1.08 bits per heavy atom. The van der Waals surface area contributed by atoms with Crippen molar-refractivity contribution >= 4 is 41.0 Å². The van der Waals surface area contributed by atoms with Crippen LogP contribution in [0, 0.1) is 13.8 Å². The van der Waals surface area contributed by atoms with Gasteiger partial charge in [-0.1, -0.05) is 47.5 Å². The predicted molar refractivity (Wildman–Crippen MR) is 101 cm³/mol. The molecule has 0 radical (unpaired) electrons. The molecule has 6 heteroatoms. The second-order valence-electron chi connectivity index (χ2n) is 5.50. The zero-order valence-corrected chi connectivity index (χ0v) is 15.2. The molecular formula is C18H19Cl2N3O. The highest BCUT2D eigenvalue weighted by Crippen LogP contribution is 2.22. The highest BCUT2D eigenvalue weighted by Gasteiger charge is 2.14. The number of carbonyl (C=O) groups excluding carboxylic acids is 1. The second-order valence-corrected chi connectivity index (χ2v) is 6.32. The van der Waals surface area contributed by atoms with Gasteiger partial charge in [0.1, 0.15) is 6.04 Å². The van der Waals surface area contributed by atoms with E-state index in [-0.39, 0.29) is 5.91 Å². The van der Waals surface area contributed by atoms with Crippen molar-refractivity contribution in [3.8, 4) is 0 Å². The van der Waals surface area contributed by atoms with Crippen LogP contribution in [0.3, 0.4) is 0 Å². The molecule has 2 aromatic carbocycles. The predicted octanol–water partition coefficient (Wildman–Crippen LogP) is 4.56. The fourth-order valence-electron chi connectivity index (χ4n) is 2.22. The van der Waals surface area contributed by atoms with E-state index in [1.54, 1.807) is 25.1 Å². The first-order valence-corrected chi connectivity index (χ1v) is 8.25. The van der Waals surface area contributed by atoms with Gasteiger partial charge in [-0.3, -0.25) is 4.79 Å². The molecule has 2 N–H and O–H groups in total. The Morgan fingerprint density at radius 2 is 1.62 bits per heavy atom. The van der Waals surface area contributed by atoms with Crippen LogP contribution in [-0.4, -0.2) is 18.2 Å². The van der Waals surface area contributed by atoms with E-state index >= 15 is 0 Å². The van der Waals surface area contributed by atoms with E-state index in [0.717, 1.165) is 16.8 Å². The highest BCUT2D eigenvalue weighted by atomic mass is 35.5. The number of nitrogens with one attached hydrogen (secondary N) is 2. The molecule has 1 atom stereocenters. The molecule has 126 valence electrons. The van der Waals surface area contributed by atoms with Crippen LogP contribution in [0.4, 0.5) is 5.69 Å². The molecule has 0 saturated heterocycles. The van der Waals surface area contributed by atoms with Crippen LogP contribution >= 0.6 is 23.2 Å². The van der Waals surface area contributed by atoms with Crippen molar-refractivity contribution in [3.63, 3.8) is 0 Å². The molecule has 24 heavy (non-hydrogen) atoms. The van der Waals surface area contributed by atoms with Crippen molar-refractivity contribution in [3.05, 3.63) is 63.1 Å². The van der Waals surface area contributed by atoms with Gasteiger partial charge in [0, 0.05) is 11.3 Å². The summed E-state index contributed by atoms with van der Waals surface area (Å²) in [7, 11) is 0. The normalized spacial score (nSPS) is 12.2. The summed E-state index contributed by atoms with van der Waals surface area (Å²) in [4.78, 5) is 12.2. The lowest BCUT2D eigenvalue weighted by molar-refractivity contribution is -0.121. The molecule has 0 spiro atoms. The van der Waals surface area contributed by atoms with E-state index in [9.17, 15) is 4.79 Å². The molecule has 0 unspecified atom stereocenters. The molecule has 0 heterocycles. The van der Waals surface area contributed by atoms with Crippen molar-refractivity contribution in [1.82, 2.24) is 5.43 Å². The van der Waals surface area contributed by atoms with E-state index in [1.165, 1.54) is 6.21 Å². The molecule has 0 aromatic heterocycles. The average Bonchev–Trinajstić information content (AvgIpc) is 2.53. The third kappa shape index (κ3) is 4.49. The third-order valence-electron chi connectivity index (χ3n) is 3.60. The number of halogens is 2. The van der Waals surface area contributed by atoms with Crippen LogP contribution in [0.1, 0.15) is 23.6 Å². The average molecular weight is 364 g/mol. The van der Waals surface area contributed by atoms with E-state index in [1.807, 2.05) is 32.0 Å². The molecular weight excluding hydrogens is 345 g/mol. The van der Waals surface area contributed by atoms with Crippen molar-refractivity contribution < 1.29 is 4.79 Å². The zero-order valence-electron chi connectivity index (χ0n) is 13.7. The number of nitrogens with zero attached hydrogens (tertiary/aromatic N) is 1. The van der Waals surface area contributed by atoms with Crippen molar-refractivity contribution in [1.29, 1.82) is 0 Å². The first-order valence-electron chi connectivity index (χ1n) is 7.50. The van der Waals surface area contributed by atoms with Gasteiger partial charge in [-0.15, -0.1) is 0 Å². The fourth-order valence-corrected chi connectivity index (χ4v) is 2.71. The van der Waals surface area contributed by atoms with Gasteiger partial charge < -0.3 is 5.32 Å². The summed E-state index contributed by atoms with van der Waals surface area (Å²) in [5.41, 5.74) is 6.19. The number of hydrogen-bond acceptors (Lipinski definition) is 3. The van der Waals surface area contributed by atoms with Gasteiger partial charge in [-0.25, -0.2) is 5.43 Å². The number of rotatable bonds is 5. The number of benzene rings is 2. The van der Waals surface area contributed by atoms with E-state index in [0.29, 0.717) is 15.6 Å². The number of hydrazone groups is 1. The molecule has 0 aliphatic carbocycles. The lowest BCUT2D eigenvalue weighted by Crippen LogP contribution is -2.35. The lowest BCUT2D eigenvalue weighted by atomic mass is 10.1. The lowest BCUT2D eigenvalue weighted by Gasteiger charge is -2.17. The van der Waals surface area contributed by atoms with Gasteiger partial charge in [-0.05, 0) is 44.0 Å². The monoisotopic (exact) mass is 363 g/mol. The minimum Gasteiger partial charge on any atom is -0.373 e. The number of carbonyl (C=O) groups is 1. The molecule has 0 aliphatic heterocycles. The zero-order chi connectivity index (χ0) is 17.7. The first-order chi connectivity index (χ1) is 11.4. The maximum absolute atomic E-state index is 12.2. The summed E-state index contributed by atoms with van der Waals surface area (Å²) in [6.45, 7) is 5.77. The Bertz CT molecular complexity index is 734. The molecule has 0 aliphatic rings. The maximum atomic E-state index is 12.2.